The van der Waals surface area contributed by atoms with Crippen molar-refractivity contribution in [3.05, 3.63) is 29.8 Å². The largest absolute Gasteiger partial charge is 0.450 e. The summed E-state index contributed by atoms with van der Waals surface area (Å²) in [5.74, 6) is 0.128. The number of nitrogens with zero attached hydrogens (tertiary/aromatic N) is 1. The van der Waals surface area contributed by atoms with E-state index in [2.05, 4.69) is 24.5 Å². The van der Waals surface area contributed by atoms with Gasteiger partial charge in [-0.15, -0.1) is 0 Å². The SMILES string of the molecule is CCCOC(=O)N[C@@H](C(=O)N1CCC[C@H]1C(=O)NCC1CCC(N)CC1)C(C)(C)SC(C)C.Cc1ccc(S(=O)(=O)O)cc1. The first-order chi connectivity index (χ1) is 20.5. The molecule has 1 saturated carbocycles. The maximum atomic E-state index is 13.7. The van der Waals surface area contributed by atoms with Gasteiger partial charge in [-0.1, -0.05) is 38.5 Å². The highest BCUT2D eigenvalue weighted by Gasteiger charge is 2.44. The normalized spacial score (nSPS) is 21.2. The minimum Gasteiger partial charge on any atom is -0.450 e. The Morgan fingerprint density at radius 1 is 1.11 bits per heavy atom. The molecule has 13 heteroatoms. The van der Waals surface area contributed by atoms with E-state index in [9.17, 15) is 22.8 Å². The van der Waals surface area contributed by atoms with Gasteiger partial charge in [0.05, 0.1) is 11.5 Å². The molecule has 1 aromatic rings. The second-order valence-electron chi connectivity index (χ2n) is 12.5. The first-order valence-corrected chi connectivity index (χ1v) is 17.9. The van der Waals surface area contributed by atoms with E-state index in [4.69, 9.17) is 15.0 Å². The van der Waals surface area contributed by atoms with Gasteiger partial charge in [0.15, 0.2) is 0 Å². The molecule has 0 unspecified atom stereocenters. The topological polar surface area (TPSA) is 168 Å². The third kappa shape index (κ3) is 12.2. The lowest BCUT2D eigenvalue weighted by molar-refractivity contribution is -0.140. The molecular weight excluding hydrogens is 604 g/mol. The average Bonchev–Trinajstić information content (AvgIpc) is 3.44. The molecule has 0 radical (unpaired) electrons. The highest BCUT2D eigenvalue weighted by molar-refractivity contribution is 8.01. The summed E-state index contributed by atoms with van der Waals surface area (Å²) in [7, 11) is -4.02. The van der Waals surface area contributed by atoms with Gasteiger partial charge in [0, 0.05) is 23.9 Å². The van der Waals surface area contributed by atoms with Gasteiger partial charge in [0.2, 0.25) is 11.8 Å². The summed E-state index contributed by atoms with van der Waals surface area (Å²) in [5, 5.41) is 6.15. The van der Waals surface area contributed by atoms with Crippen molar-refractivity contribution in [1.82, 2.24) is 15.5 Å². The van der Waals surface area contributed by atoms with Crippen LogP contribution in [0.25, 0.3) is 0 Å². The first kappa shape index (κ1) is 37.8. The van der Waals surface area contributed by atoms with Crippen LogP contribution in [0.3, 0.4) is 0 Å². The molecule has 250 valence electrons. The lowest BCUT2D eigenvalue weighted by atomic mass is 9.86. The Balaban J connectivity index is 0.000000514. The Morgan fingerprint density at radius 2 is 1.73 bits per heavy atom. The Labute approximate surface area is 267 Å². The van der Waals surface area contributed by atoms with Crippen LogP contribution in [-0.2, 0) is 24.4 Å². The van der Waals surface area contributed by atoms with Crippen LogP contribution in [0.15, 0.2) is 29.2 Å². The number of hydrogen-bond donors (Lipinski definition) is 4. The number of hydrogen-bond acceptors (Lipinski definition) is 8. The van der Waals surface area contributed by atoms with E-state index in [-0.39, 0.29) is 28.0 Å². The van der Waals surface area contributed by atoms with Crippen molar-refractivity contribution < 1.29 is 32.1 Å². The molecule has 1 saturated heterocycles. The summed E-state index contributed by atoms with van der Waals surface area (Å²) in [6.07, 6.45) is 5.57. The van der Waals surface area contributed by atoms with E-state index in [0.717, 1.165) is 37.7 Å². The van der Waals surface area contributed by atoms with Gasteiger partial charge in [0.25, 0.3) is 10.1 Å². The van der Waals surface area contributed by atoms with E-state index in [0.29, 0.717) is 38.5 Å². The van der Waals surface area contributed by atoms with E-state index in [1.54, 1.807) is 28.8 Å². The van der Waals surface area contributed by atoms with Gasteiger partial charge in [-0.2, -0.15) is 20.2 Å². The fourth-order valence-electron chi connectivity index (χ4n) is 5.50. The number of benzene rings is 1. The molecule has 2 atom stereocenters. The molecule has 1 aliphatic carbocycles. The predicted octanol–water partition coefficient (Wildman–Crippen LogP) is 4.28. The molecule has 1 heterocycles. The van der Waals surface area contributed by atoms with Crippen molar-refractivity contribution in [3.8, 4) is 0 Å². The second-order valence-corrected chi connectivity index (χ2v) is 16.1. The third-order valence-corrected chi connectivity index (χ3v) is 9.98. The Hall–Kier alpha value is -2.35. The number of carbonyl (C=O) groups is 3. The zero-order valence-corrected chi connectivity index (χ0v) is 28.6. The number of thioether (sulfide) groups is 1. The number of alkyl carbamates (subject to hydrolysis) is 1. The second kappa shape index (κ2) is 17.4. The summed E-state index contributed by atoms with van der Waals surface area (Å²) in [6, 6.07) is 4.98. The molecule has 1 aromatic carbocycles. The molecule has 11 nitrogen and oxygen atoms in total. The standard InChI is InChI=1S/C24H44N4O4S.C7H8O3S/c1-6-14-32-23(31)27-20(24(4,5)33-16(2)3)22(30)28-13-7-8-19(28)21(29)26-15-17-9-11-18(25)12-10-17;1-6-2-4-7(5-3-6)11(8,9)10/h16-20H,6-15,25H2,1-5H3,(H,26,29)(H,27,31);2-5H,1H3,(H,8,9,10)/t17?,18?,19-,20-;/m0./s1. The predicted molar refractivity (Wildman–Crippen MR) is 174 cm³/mol. The minimum absolute atomic E-state index is 0.0666. The molecule has 5 N–H and O–H groups in total. The average molecular weight is 657 g/mol. The Kier molecular flexibility index (Phi) is 14.9. The smallest absolute Gasteiger partial charge is 0.407 e. The monoisotopic (exact) mass is 656 g/mol. The van der Waals surface area contributed by atoms with Gasteiger partial charge in [-0.25, -0.2) is 4.79 Å². The van der Waals surface area contributed by atoms with Crippen molar-refractivity contribution >= 4 is 39.8 Å². The lowest BCUT2D eigenvalue weighted by Gasteiger charge is -2.38. The summed E-state index contributed by atoms with van der Waals surface area (Å²) < 4.78 is 34.2. The number of rotatable bonds is 11. The summed E-state index contributed by atoms with van der Waals surface area (Å²) in [5.41, 5.74) is 6.94. The van der Waals surface area contributed by atoms with Crippen molar-refractivity contribution in [1.29, 1.82) is 0 Å². The van der Waals surface area contributed by atoms with Gasteiger partial charge in [-0.3, -0.25) is 14.1 Å². The number of aryl methyl sites for hydroxylation is 1. The van der Waals surface area contributed by atoms with Crippen molar-refractivity contribution in [2.75, 3.05) is 19.7 Å². The number of ether oxygens (including phenoxy) is 1. The lowest BCUT2D eigenvalue weighted by Crippen LogP contribution is -2.60. The molecule has 2 fully saturated rings. The summed E-state index contributed by atoms with van der Waals surface area (Å²) in [4.78, 5) is 40.7. The van der Waals surface area contributed by atoms with Crippen LogP contribution in [0.2, 0.25) is 0 Å². The molecule has 3 rings (SSSR count). The molecule has 1 aliphatic heterocycles. The van der Waals surface area contributed by atoms with Crippen LogP contribution in [-0.4, -0.2) is 83.6 Å². The quantitative estimate of drug-likeness (QED) is 0.254. The van der Waals surface area contributed by atoms with Crippen LogP contribution in [0.1, 0.15) is 85.1 Å². The molecule has 0 bridgehead atoms. The van der Waals surface area contributed by atoms with E-state index >= 15 is 0 Å². The van der Waals surface area contributed by atoms with E-state index in [1.807, 2.05) is 27.7 Å². The number of nitrogens with two attached hydrogens (primary N) is 1. The minimum atomic E-state index is -4.02. The van der Waals surface area contributed by atoms with Crippen LogP contribution >= 0.6 is 11.8 Å². The molecule has 0 spiro atoms. The van der Waals surface area contributed by atoms with Crippen molar-refractivity contribution in [3.63, 3.8) is 0 Å². The number of carbonyl (C=O) groups excluding carboxylic acids is 3. The van der Waals surface area contributed by atoms with Crippen LogP contribution in [0.5, 0.6) is 0 Å². The van der Waals surface area contributed by atoms with Crippen molar-refractivity contribution in [2.24, 2.45) is 11.7 Å². The van der Waals surface area contributed by atoms with E-state index < -0.39 is 33.0 Å². The van der Waals surface area contributed by atoms with Crippen LogP contribution in [0, 0.1) is 12.8 Å². The maximum absolute atomic E-state index is 13.7. The third-order valence-electron chi connectivity index (χ3n) is 7.79. The van der Waals surface area contributed by atoms with Gasteiger partial charge >= 0.3 is 6.09 Å². The summed E-state index contributed by atoms with van der Waals surface area (Å²) >= 11 is 1.63. The fourth-order valence-corrected chi connectivity index (χ4v) is 7.49. The van der Waals surface area contributed by atoms with Gasteiger partial charge < -0.3 is 26.0 Å². The van der Waals surface area contributed by atoms with Crippen LogP contribution < -0.4 is 16.4 Å². The van der Waals surface area contributed by atoms with Crippen LogP contribution in [0.4, 0.5) is 4.79 Å². The highest BCUT2D eigenvalue weighted by Crippen LogP contribution is 2.34. The number of likely N-dealkylation sites (tertiary alicyclic amines) is 1. The summed E-state index contributed by atoms with van der Waals surface area (Å²) in [6.45, 7) is 13.2. The molecule has 44 heavy (non-hydrogen) atoms. The van der Waals surface area contributed by atoms with Crippen molar-refractivity contribution in [2.45, 2.75) is 120 Å². The molecule has 2 aliphatic rings. The maximum Gasteiger partial charge on any atom is 0.407 e. The Morgan fingerprint density at radius 3 is 2.27 bits per heavy atom. The molecule has 3 amide bonds. The first-order valence-electron chi connectivity index (χ1n) is 15.5. The molecule has 0 aromatic heterocycles. The van der Waals surface area contributed by atoms with E-state index in [1.165, 1.54) is 12.1 Å². The van der Waals surface area contributed by atoms with Gasteiger partial charge in [-0.05, 0) is 89.0 Å². The number of nitrogens with one attached hydrogen (secondary N) is 2. The fraction of sp³-hybridized carbons (Fsp3) is 0.710. The zero-order chi connectivity index (χ0) is 33.1. The Bertz CT molecular complexity index is 1180. The zero-order valence-electron chi connectivity index (χ0n) is 27.0. The molecular formula is C31H52N4O7S2. The van der Waals surface area contributed by atoms with Gasteiger partial charge in [0.1, 0.15) is 12.1 Å². The highest BCUT2D eigenvalue weighted by atomic mass is 32.2. The number of amides is 3.